The minimum absolute atomic E-state index is 0.0486. The van der Waals surface area contributed by atoms with Gasteiger partial charge in [-0.25, -0.2) is 12.7 Å². The van der Waals surface area contributed by atoms with Crippen LogP contribution in [0.4, 0.5) is 11.4 Å². The van der Waals surface area contributed by atoms with Gasteiger partial charge in [0.1, 0.15) is 4.90 Å². The molecule has 0 unspecified atom stereocenters. The van der Waals surface area contributed by atoms with E-state index in [2.05, 4.69) is 10.6 Å². The van der Waals surface area contributed by atoms with Gasteiger partial charge in [-0.1, -0.05) is 6.07 Å². The van der Waals surface area contributed by atoms with E-state index in [0.717, 1.165) is 4.31 Å². The first-order chi connectivity index (χ1) is 9.30. The van der Waals surface area contributed by atoms with Crippen molar-refractivity contribution in [2.24, 2.45) is 0 Å². The summed E-state index contributed by atoms with van der Waals surface area (Å²) in [6, 6.07) is 4.73. The summed E-state index contributed by atoms with van der Waals surface area (Å²) in [4.78, 5) is 11.2. The molecule has 4 N–H and O–H groups in total. The zero-order valence-electron chi connectivity index (χ0n) is 11.8. The van der Waals surface area contributed by atoms with E-state index in [-0.39, 0.29) is 22.9 Å². The smallest absolute Gasteiger partial charge is 0.244 e. The Kier molecular flexibility index (Phi) is 5.34. The molecule has 112 valence electrons. The molecule has 0 aromatic heterocycles. The van der Waals surface area contributed by atoms with E-state index in [1.54, 1.807) is 19.2 Å². The van der Waals surface area contributed by atoms with Gasteiger partial charge in [-0.05, 0) is 12.1 Å². The molecule has 1 amide bonds. The predicted molar refractivity (Wildman–Crippen MR) is 78.9 cm³/mol. The number of sulfonamides is 1. The topological polar surface area (TPSA) is 105 Å². The fourth-order valence-corrected chi connectivity index (χ4v) is 2.59. The summed E-state index contributed by atoms with van der Waals surface area (Å²) >= 11 is 0. The highest BCUT2D eigenvalue weighted by Crippen LogP contribution is 2.28. The number of benzene rings is 1. The van der Waals surface area contributed by atoms with Crippen LogP contribution in [0, 0.1) is 0 Å². The second-order valence-electron chi connectivity index (χ2n) is 4.35. The Hall–Kier alpha value is -1.80. The zero-order chi connectivity index (χ0) is 15.3. The molecular formula is C12H20N4O3S. The molecular weight excluding hydrogens is 280 g/mol. The number of para-hydroxylation sites is 1. The summed E-state index contributed by atoms with van der Waals surface area (Å²) in [5.74, 6) is -0.104. The maximum Gasteiger partial charge on any atom is 0.244 e. The molecule has 20 heavy (non-hydrogen) atoms. The summed E-state index contributed by atoms with van der Waals surface area (Å²) in [5, 5.41) is 5.46. The highest BCUT2D eigenvalue weighted by Gasteiger charge is 2.21. The fraction of sp³-hybridized carbons (Fsp3) is 0.417. The number of amides is 1. The largest absolute Gasteiger partial charge is 0.396 e. The van der Waals surface area contributed by atoms with Crippen molar-refractivity contribution in [1.82, 2.24) is 9.62 Å². The first kappa shape index (κ1) is 16.3. The summed E-state index contributed by atoms with van der Waals surface area (Å²) in [7, 11) is 0.859. The van der Waals surface area contributed by atoms with E-state index < -0.39 is 10.0 Å². The molecule has 0 saturated heterocycles. The van der Waals surface area contributed by atoms with Crippen LogP contribution in [0.3, 0.4) is 0 Å². The fourth-order valence-electron chi connectivity index (χ4n) is 1.56. The van der Waals surface area contributed by atoms with E-state index in [9.17, 15) is 13.2 Å². The van der Waals surface area contributed by atoms with Gasteiger partial charge in [0.2, 0.25) is 15.9 Å². The third-order valence-corrected chi connectivity index (χ3v) is 4.64. The van der Waals surface area contributed by atoms with Crippen molar-refractivity contribution in [1.29, 1.82) is 0 Å². The third-order valence-electron chi connectivity index (χ3n) is 2.77. The number of nitrogen functional groups attached to an aromatic ring is 1. The lowest BCUT2D eigenvalue weighted by Gasteiger charge is -2.16. The number of nitrogens with zero attached hydrogens (tertiary/aromatic N) is 1. The van der Waals surface area contributed by atoms with E-state index in [1.807, 2.05) is 0 Å². The number of carbonyl (C=O) groups is 1. The molecule has 1 rings (SSSR count). The van der Waals surface area contributed by atoms with Crippen LogP contribution in [0.25, 0.3) is 0 Å². The first-order valence-electron chi connectivity index (χ1n) is 6.06. The number of anilines is 2. The molecule has 7 nitrogen and oxygen atoms in total. The molecule has 0 heterocycles. The Balaban J connectivity index is 2.94. The lowest BCUT2D eigenvalue weighted by atomic mass is 10.2. The molecule has 0 spiro atoms. The molecule has 8 heteroatoms. The maximum atomic E-state index is 12.1. The van der Waals surface area contributed by atoms with Crippen molar-refractivity contribution >= 4 is 27.3 Å². The predicted octanol–water partition coefficient (Wildman–Crippen LogP) is 0.0671. The lowest BCUT2D eigenvalue weighted by molar-refractivity contribution is -0.120. The molecule has 1 aromatic rings. The van der Waals surface area contributed by atoms with Gasteiger partial charge in [0.15, 0.2) is 0 Å². The summed E-state index contributed by atoms with van der Waals surface area (Å²) in [6.07, 6.45) is 0.278. The van der Waals surface area contributed by atoms with Crippen LogP contribution in [-0.2, 0) is 14.8 Å². The van der Waals surface area contributed by atoms with Gasteiger partial charge in [-0.2, -0.15) is 0 Å². The SMILES string of the molecule is CNC(=O)CCNc1cccc(S(=O)(=O)N(C)C)c1N. The monoisotopic (exact) mass is 300 g/mol. The minimum atomic E-state index is -3.59. The molecule has 0 aliphatic carbocycles. The number of nitrogens with one attached hydrogen (secondary N) is 2. The van der Waals surface area contributed by atoms with Gasteiger partial charge in [-0.15, -0.1) is 0 Å². The van der Waals surface area contributed by atoms with Crippen LogP contribution in [0.15, 0.2) is 23.1 Å². The Morgan fingerprint density at radius 3 is 2.55 bits per heavy atom. The number of hydrogen-bond donors (Lipinski definition) is 3. The molecule has 0 radical (unpaired) electrons. The van der Waals surface area contributed by atoms with Gasteiger partial charge in [0.05, 0.1) is 11.4 Å². The maximum absolute atomic E-state index is 12.1. The average Bonchev–Trinajstić information content (AvgIpc) is 2.40. The van der Waals surface area contributed by atoms with Gasteiger partial charge in [0, 0.05) is 34.1 Å². The van der Waals surface area contributed by atoms with Crippen LogP contribution in [0.5, 0.6) is 0 Å². The van der Waals surface area contributed by atoms with E-state index in [1.165, 1.54) is 20.2 Å². The summed E-state index contributed by atoms with van der Waals surface area (Å²) < 4.78 is 25.3. The summed E-state index contributed by atoms with van der Waals surface area (Å²) in [5.41, 5.74) is 6.54. The normalized spacial score (nSPS) is 11.4. The molecule has 0 aliphatic rings. The van der Waals surface area contributed by atoms with Crippen LogP contribution >= 0.6 is 0 Å². The quantitative estimate of drug-likeness (QED) is 0.645. The number of carbonyl (C=O) groups excluding carboxylic acids is 1. The highest BCUT2D eigenvalue weighted by molar-refractivity contribution is 7.89. The van der Waals surface area contributed by atoms with E-state index >= 15 is 0 Å². The molecule has 0 bridgehead atoms. The van der Waals surface area contributed by atoms with Gasteiger partial charge in [0.25, 0.3) is 0 Å². The Bertz CT molecular complexity index is 584. The molecule has 0 saturated carbocycles. The lowest BCUT2D eigenvalue weighted by Crippen LogP contribution is -2.24. The van der Waals surface area contributed by atoms with Crippen molar-refractivity contribution in [3.63, 3.8) is 0 Å². The van der Waals surface area contributed by atoms with Crippen molar-refractivity contribution in [2.45, 2.75) is 11.3 Å². The Labute approximate surface area is 119 Å². The molecule has 0 aliphatic heterocycles. The third kappa shape index (κ3) is 3.61. The van der Waals surface area contributed by atoms with Crippen LogP contribution in [-0.4, -0.2) is 46.3 Å². The van der Waals surface area contributed by atoms with E-state index in [0.29, 0.717) is 12.2 Å². The summed E-state index contributed by atoms with van der Waals surface area (Å²) in [6.45, 7) is 0.370. The second-order valence-corrected chi connectivity index (χ2v) is 6.48. The zero-order valence-corrected chi connectivity index (χ0v) is 12.6. The Morgan fingerprint density at radius 1 is 1.35 bits per heavy atom. The van der Waals surface area contributed by atoms with Crippen LogP contribution < -0.4 is 16.4 Å². The average molecular weight is 300 g/mol. The number of nitrogens with two attached hydrogens (primary N) is 1. The number of rotatable bonds is 6. The van der Waals surface area contributed by atoms with Crippen molar-refractivity contribution in [2.75, 3.05) is 38.7 Å². The molecule has 0 fully saturated rings. The van der Waals surface area contributed by atoms with Crippen molar-refractivity contribution in [3.8, 4) is 0 Å². The second kappa shape index (κ2) is 6.58. The van der Waals surface area contributed by atoms with Gasteiger partial charge >= 0.3 is 0 Å². The Morgan fingerprint density at radius 2 is 2.00 bits per heavy atom. The van der Waals surface area contributed by atoms with Gasteiger partial charge in [-0.3, -0.25) is 4.79 Å². The first-order valence-corrected chi connectivity index (χ1v) is 7.50. The molecule has 1 aromatic carbocycles. The van der Waals surface area contributed by atoms with Crippen molar-refractivity contribution < 1.29 is 13.2 Å². The van der Waals surface area contributed by atoms with Crippen LogP contribution in [0.1, 0.15) is 6.42 Å². The number of hydrogen-bond acceptors (Lipinski definition) is 5. The van der Waals surface area contributed by atoms with E-state index in [4.69, 9.17) is 5.73 Å². The standard InChI is InChI=1S/C12H20N4O3S/c1-14-11(17)7-8-15-9-5-4-6-10(12(9)13)20(18,19)16(2)3/h4-6,15H,7-8,13H2,1-3H3,(H,14,17). The molecule has 0 atom stereocenters. The minimum Gasteiger partial charge on any atom is -0.396 e. The van der Waals surface area contributed by atoms with Crippen molar-refractivity contribution in [3.05, 3.63) is 18.2 Å². The van der Waals surface area contributed by atoms with Gasteiger partial charge < -0.3 is 16.4 Å². The van der Waals surface area contributed by atoms with Crippen LogP contribution in [0.2, 0.25) is 0 Å². The highest BCUT2D eigenvalue weighted by atomic mass is 32.2.